The van der Waals surface area contributed by atoms with E-state index in [1.807, 2.05) is 43.0 Å². The molecule has 0 saturated carbocycles. The number of likely N-dealkylation sites (tertiary alicyclic amines) is 1. The van der Waals surface area contributed by atoms with E-state index in [2.05, 4.69) is 15.0 Å². The highest BCUT2D eigenvalue weighted by molar-refractivity contribution is 6.02. The molecule has 0 unspecified atom stereocenters. The van der Waals surface area contributed by atoms with Gasteiger partial charge < -0.3 is 14.9 Å². The van der Waals surface area contributed by atoms with Crippen molar-refractivity contribution in [2.45, 2.75) is 39.7 Å². The SMILES string of the molecule is CC(=O)c1c(C)[nH]c(C(=O)N2CCC[C@@H]2c2nc3ccccc3[nH]2)c1C. The minimum absolute atomic E-state index is 0.0226. The van der Waals surface area contributed by atoms with Crippen LogP contribution in [-0.4, -0.2) is 38.1 Å². The number of aryl methyl sites for hydroxylation is 1. The van der Waals surface area contributed by atoms with Gasteiger partial charge in [-0.25, -0.2) is 4.98 Å². The van der Waals surface area contributed by atoms with E-state index in [0.29, 0.717) is 17.8 Å². The maximum absolute atomic E-state index is 13.2. The average molecular weight is 350 g/mol. The first-order chi connectivity index (χ1) is 12.5. The van der Waals surface area contributed by atoms with Gasteiger partial charge in [-0.1, -0.05) is 12.1 Å². The third kappa shape index (κ3) is 2.53. The molecule has 0 spiro atoms. The molecule has 1 aliphatic rings. The van der Waals surface area contributed by atoms with E-state index in [-0.39, 0.29) is 17.7 Å². The Morgan fingerprint density at radius 3 is 2.65 bits per heavy atom. The van der Waals surface area contributed by atoms with Crippen molar-refractivity contribution in [2.24, 2.45) is 0 Å². The van der Waals surface area contributed by atoms with Crippen molar-refractivity contribution in [1.29, 1.82) is 0 Å². The molecule has 3 aromatic rings. The molecule has 1 aliphatic heterocycles. The average Bonchev–Trinajstić information content (AvgIpc) is 3.29. The third-order valence-electron chi connectivity index (χ3n) is 5.24. The number of aromatic nitrogens is 3. The summed E-state index contributed by atoms with van der Waals surface area (Å²) in [5, 5.41) is 0. The molecular weight excluding hydrogens is 328 g/mol. The standard InChI is InChI=1S/C20H22N4O2/c1-11-17(13(3)25)12(2)21-18(11)20(26)24-10-6-9-16(24)19-22-14-7-4-5-8-15(14)23-19/h4-5,7-8,16,21H,6,9-10H2,1-3H3,(H,22,23)/t16-/m1/s1. The van der Waals surface area contributed by atoms with Crippen LogP contribution in [0.4, 0.5) is 0 Å². The van der Waals surface area contributed by atoms with E-state index < -0.39 is 0 Å². The van der Waals surface area contributed by atoms with Crippen LogP contribution >= 0.6 is 0 Å². The minimum Gasteiger partial charge on any atom is -0.354 e. The van der Waals surface area contributed by atoms with Gasteiger partial charge in [-0.05, 0) is 51.3 Å². The highest BCUT2D eigenvalue weighted by atomic mass is 16.2. The Kier molecular flexibility index (Phi) is 3.90. The predicted octanol–water partition coefficient (Wildman–Crippen LogP) is 3.69. The fraction of sp³-hybridized carbons (Fsp3) is 0.350. The summed E-state index contributed by atoms with van der Waals surface area (Å²) in [6, 6.07) is 7.81. The molecule has 0 aliphatic carbocycles. The second-order valence-corrected chi connectivity index (χ2v) is 6.98. The number of H-pyrrole nitrogens is 2. The number of fused-ring (bicyclic) bond motifs is 1. The number of para-hydroxylation sites is 2. The first kappa shape index (κ1) is 16.6. The van der Waals surface area contributed by atoms with Gasteiger partial charge in [0.25, 0.3) is 5.91 Å². The number of imidazole rings is 1. The van der Waals surface area contributed by atoms with E-state index in [4.69, 9.17) is 0 Å². The maximum atomic E-state index is 13.2. The lowest BCUT2D eigenvalue weighted by Gasteiger charge is -2.23. The number of ketones is 1. The van der Waals surface area contributed by atoms with Crippen molar-refractivity contribution in [3.05, 3.63) is 52.6 Å². The fourth-order valence-electron chi connectivity index (χ4n) is 4.06. The molecule has 1 amide bonds. The zero-order valence-electron chi connectivity index (χ0n) is 15.2. The molecule has 2 N–H and O–H groups in total. The summed E-state index contributed by atoms with van der Waals surface area (Å²) in [5.74, 6) is 0.733. The second-order valence-electron chi connectivity index (χ2n) is 6.98. The second kappa shape index (κ2) is 6.12. The number of nitrogens with zero attached hydrogens (tertiary/aromatic N) is 2. The molecule has 1 saturated heterocycles. The number of hydrogen-bond donors (Lipinski definition) is 2. The molecule has 6 heteroatoms. The molecule has 0 bridgehead atoms. The number of carbonyl (C=O) groups excluding carboxylic acids is 2. The van der Waals surface area contributed by atoms with Crippen LogP contribution in [0.5, 0.6) is 0 Å². The van der Waals surface area contributed by atoms with Crippen molar-refractivity contribution in [2.75, 3.05) is 6.54 Å². The molecule has 3 heterocycles. The Hall–Kier alpha value is -2.89. The number of aromatic amines is 2. The summed E-state index contributed by atoms with van der Waals surface area (Å²) >= 11 is 0. The van der Waals surface area contributed by atoms with Gasteiger partial charge >= 0.3 is 0 Å². The van der Waals surface area contributed by atoms with Crippen LogP contribution in [0.15, 0.2) is 24.3 Å². The van der Waals surface area contributed by atoms with Gasteiger partial charge in [0, 0.05) is 17.8 Å². The molecule has 6 nitrogen and oxygen atoms in total. The summed E-state index contributed by atoms with van der Waals surface area (Å²) < 4.78 is 0. The minimum atomic E-state index is -0.0707. The van der Waals surface area contributed by atoms with Crippen LogP contribution in [0.1, 0.15) is 63.7 Å². The van der Waals surface area contributed by atoms with Gasteiger partial charge in [0.15, 0.2) is 5.78 Å². The quantitative estimate of drug-likeness (QED) is 0.707. The summed E-state index contributed by atoms with van der Waals surface area (Å²) in [6.45, 7) is 5.89. The van der Waals surface area contributed by atoms with Gasteiger partial charge in [-0.2, -0.15) is 0 Å². The number of Topliss-reactive ketones (excluding diaryl/α,β-unsaturated/α-hetero) is 1. The molecule has 2 aromatic heterocycles. The van der Waals surface area contributed by atoms with Crippen LogP contribution in [0, 0.1) is 13.8 Å². The van der Waals surface area contributed by atoms with Gasteiger partial charge in [-0.3, -0.25) is 9.59 Å². The normalized spacial score (nSPS) is 17.2. The Labute approximate surface area is 151 Å². The predicted molar refractivity (Wildman–Crippen MR) is 99.4 cm³/mol. The zero-order chi connectivity index (χ0) is 18.4. The first-order valence-electron chi connectivity index (χ1n) is 8.93. The molecule has 0 radical (unpaired) electrons. The molecule has 26 heavy (non-hydrogen) atoms. The highest BCUT2D eigenvalue weighted by Crippen LogP contribution is 2.33. The van der Waals surface area contributed by atoms with Crippen molar-refractivity contribution in [3.8, 4) is 0 Å². The summed E-state index contributed by atoms with van der Waals surface area (Å²) in [4.78, 5) is 38.1. The topological polar surface area (TPSA) is 81.8 Å². The zero-order valence-corrected chi connectivity index (χ0v) is 15.2. The largest absolute Gasteiger partial charge is 0.354 e. The van der Waals surface area contributed by atoms with Crippen LogP contribution in [-0.2, 0) is 0 Å². The molecule has 1 fully saturated rings. The van der Waals surface area contributed by atoms with Crippen LogP contribution in [0.25, 0.3) is 11.0 Å². The van der Waals surface area contributed by atoms with Crippen molar-refractivity contribution < 1.29 is 9.59 Å². The summed E-state index contributed by atoms with van der Waals surface area (Å²) in [7, 11) is 0. The van der Waals surface area contributed by atoms with E-state index >= 15 is 0 Å². The third-order valence-corrected chi connectivity index (χ3v) is 5.24. The van der Waals surface area contributed by atoms with Gasteiger partial charge in [0.1, 0.15) is 11.5 Å². The lowest BCUT2D eigenvalue weighted by molar-refractivity contribution is 0.0724. The fourth-order valence-corrected chi connectivity index (χ4v) is 4.06. The number of rotatable bonds is 3. The molecule has 134 valence electrons. The Morgan fingerprint density at radius 1 is 1.19 bits per heavy atom. The number of hydrogen-bond acceptors (Lipinski definition) is 3. The molecule has 1 atom stereocenters. The molecular formula is C20H22N4O2. The van der Waals surface area contributed by atoms with E-state index in [1.165, 1.54) is 6.92 Å². The molecule has 1 aromatic carbocycles. The smallest absolute Gasteiger partial charge is 0.271 e. The van der Waals surface area contributed by atoms with Gasteiger partial charge in [-0.15, -0.1) is 0 Å². The lowest BCUT2D eigenvalue weighted by atomic mass is 10.1. The van der Waals surface area contributed by atoms with Crippen LogP contribution < -0.4 is 0 Å². The number of nitrogens with one attached hydrogen (secondary N) is 2. The van der Waals surface area contributed by atoms with Crippen molar-refractivity contribution >= 4 is 22.7 Å². The van der Waals surface area contributed by atoms with Crippen LogP contribution in [0.2, 0.25) is 0 Å². The molecule has 4 rings (SSSR count). The monoisotopic (exact) mass is 350 g/mol. The van der Waals surface area contributed by atoms with E-state index in [9.17, 15) is 9.59 Å². The lowest BCUT2D eigenvalue weighted by Crippen LogP contribution is -2.31. The van der Waals surface area contributed by atoms with Gasteiger partial charge in [0.05, 0.1) is 17.1 Å². The van der Waals surface area contributed by atoms with Crippen molar-refractivity contribution in [3.63, 3.8) is 0 Å². The Balaban J connectivity index is 1.69. The number of carbonyl (C=O) groups is 2. The maximum Gasteiger partial charge on any atom is 0.271 e. The first-order valence-corrected chi connectivity index (χ1v) is 8.93. The van der Waals surface area contributed by atoms with Gasteiger partial charge in [0.2, 0.25) is 0 Å². The summed E-state index contributed by atoms with van der Waals surface area (Å²) in [5.41, 5.74) is 4.50. The van der Waals surface area contributed by atoms with Crippen molar-refractivity contribution in [1.82, 2.24) is 19.9 Å². The van der Waals surface area contributed by atoms with Crippen LogP contribution in [0.3, 0.4) is 0 Å². The Morgan fingerprint density at radius 2 is 1.96 bits per heavy atom. The van der Waals surface area contributed by atoms with E-state index in [1.54, 1.807) is 0 Å². The summed E-state index contributed by atoms with van der Waals surface area (Å²) in [6.07, 6.45) is 1.82. The number of benzene rings is 1. The van der Waals surface area contributed by atoms with E-state index in [0.717, 1.165) is 41.0 Å². The highest BCUT2D eigenvalue weighted by Gasteiger charge is 2.34. The number of amides is 1. The Bertz CT molecular complexity index is 981.